The minimum Gasteiger partial charge on any atom is -0.368 e. The van der Waals surface area contributed by atoms with Crippen LogP contribution >= 0.6 is 23.2 Å². The number of alkyl halides is 2. The van der Waals surface area contributed by atoms with Crippen molar-refractivity contribution in [3.05, 3.63) is 35.9 Å². The molecule has 0 saturated heterocycles. The summed E-state index contributed by atoms with van der Waals surface area (Å²) in [6.45, 7) is 5.82. The first-order valence-electron chi connectivity index (χ1n) is 6.86. The van der Waals surface area contributed by atoms with E-state index in [1.807, 2.05) is 39.0 Å². The lowest BCUT2D eigenvalue weighted by Gasteiger charge is -2.47. The van der Waals surface area contributed by atoms with Crippen molar-refractivity contribution in [2.45, 2.75) is 49.7 Å². The van der Waals surface area contributed by atoms with E-state index in [4.69, 9.17) is 27.9 Å². The summed E-state index contributed by atoms with van der Waals surface area (Å²) >= 11 is 12.2. The van der Waals surface area contributed by atoms with Gasteiger partial charge in [-0.15, -0.1) is 0 Å². The van der Waals surface area contributed by atoms with Crippen LogP contribution in [-0.4, -0.2) is 21.8 Å². The van der Waals surface area contributed by atoms with E-state index in [2.05, 4.69) is 12.1 Å². The quantitative estimate of drug-likeness (QED) is 0.779. The smallest absolute Gasteiger partial charge is 0.202 e. The molecule has 0 heterocycles. The number of rotatable bonds is 4. The van der Waals surface area contributed by atoms with Gasteiger partial charge in [0.05, 0.1) is 11.5 Å². The maximum atomic E-state index is 12.1. The lowest BCUT2D eigenvalue weighted by atomic mass is 9.75. The summed E-state index contributed by atoms with van der Waals surface area (Å²) < 4.78 is 4.48. The molecule has 4 heteroatoms. The molecule has 2 nitrogen and oxygen atoms in total. The van der Waals surface area contributed by atoms with Crippen LogP contribution in [-0.2, 0) is 16.0 Å². The van der Waals surface area contributed by atoms with E-state index in [9.17, 15) is 4.79 Å². The molecule has 0 bridgehead atoms. The highest BCUT2D eigenvalue weighted by Gasteiger charge is 2.61. The Labute approximate surface area is 130 Å². The Morgan fingerprint density at radius 2 is 1.80 bits per heavy atom. The Kier molecular flexibility index (Phi) is 4.48. The topological polar surface area (TPSA) is 26.3 Å². The second kappa shape index (κ2) is 5.67. The molecule has 0 aromatic heterocycles. The number of aryl methyl sites for hydroxylation is 1. The van der Waals surface area contributed by atoms with Crippen molar-refractivity contribution in [2.24, 2.45) is 5.92 Å². The molecule has 20 heavy (non-hydrogen) atoms. The van der Waals surface area contributed by atoms with Crippen LogP contribution in [0.1, 0.15) is 32.8 Å². The summed E-state index contributed by atoms with van der Waals surface area (Å²) in [5, 5.41) is 0. The van der Waals surface area contributed by atoms with Crippen molar-refractivity contribution in [3.8, 4) is 0 Å². The average molecular weight is 315 g/mol. The number of carbonyl (C=O) groups is 1. The molecule has 1 aromatic rings. The third-order valence-electron chi connectivity index (χ3n) is 3.46. The number of hydrogen-bond acceptors (Lipinski definition) is 2. The Morgan fingerprint density at radius 1 is 1.20 bits per heavy atom. The van der Waals surface area contributed by atoms with Crippen molar-refractivity contribution >= 4 is 29.0 Å². The zero-order valence-electron chi connectivity index (χ0n) is 12.0. The molecule has 1 fully saturated rings. The normalized spacial score (nSPS) is 25.4. The Bertz CT molecular complexity index is 477. The lowest BCUT2D eigenvalue weighted by molar-refractivity contribution is -0.163. The number of benzene rings is 1. The van der Waals surface area contributed by atoms with Crippen LogP contribution in [0, 0.1) is 5.92 Å². The standard InChI is InChI=1S/C16H20Cl2O2/c1-15(2,3)20-14-12(13(19)16(14,17)18)10-9-11-7-5-4-6-8-11/h4-8,12,14H,9-10H2,1-3H3/t12-,14-/m0/s1. The first kappa shape index (κ1) is 15.8. The van der Waals surface area contributed by atoms with Crippen molar-refractivity contribution in [3.63, 3.8) is 0 Å². The molecule has 2 rings (SSSR count). The van der Waals surface area contributed by atoms with Crippen LogP contribution in [0.3, 0.4) is 0 Å². The van der Waals surface area contributed by atoms with Crippen LogP contribution in [0.5, 0.6) is 0 Å². The maximum Gasteiger partial charge on any atom is 0.202 e. The molecular formula is C16H20Cl2O2. The summed E-state index contributed by atoms with van der Waals surface area (Å²) in [6.07, 6.45) is 1.11. The van der Waals surface area contributed by atoms with Gasteiger partial charge in [0.2, 0.25) is 4.33 Å². The lowest BCUT2D eigenvalue weighted by Crippen LogP contribution is -2.63. The highest BCUT2D eigenvalue weighted by Crippen LogP contribution is 2.48. The third kappa shape index (κ3) is 3.36. The summed E-state index contributed by atoms with van der Waals surface area (Å²) in [4.78, 5) is 12.1. The van der Waals surface area contributed by atoms with Gasteiger partial charge in [-0.3, -0.25) is 4.79 Å². The number of halogens is 2. The molecule has 0 spiro atoms. The highest BCUT2D eigenvalue weighted by molar-refractivity contribution is 6.61. The monoisotopic (exact) mass is 314 g/mol. The van der Waals surface area contributed by atoms with Gasteiger partial charge in [-0.1, -0.05) is 53.5 Å². The molecule has 1 aliphatic rings. The van der Waals surface area contributed by atoms with Gasteiger partial charge in [0.15, 0.2) is 5.78 Å². The SMILES string of the molecule is CC(C)(C)O[C@H]1[C@@H](CCc2ccccc2)C(=O)C1(Cl)Cl. The van der Waals surface area contributed by atoms with E-state index in [0.717, 1.165) is 6.42 Å². The van der Waals surface area contributed by atoms with Crippen LogP contribution in [0.2, 0.25) is 0 Å². The number of Topliss-reactive ketones (excluding diaryl/α,β-unsaturated/α-hetero) is 1. The van der Waals surface area contributed by atoms with Gasteiger partial charge in [0.25, 0.3) is 0 Å². The van der Waals surface area contributed by atoms with Gasteiger partial charge >= 0.3 is 0 Å². The van der Waals surface area contributed by atoms with E-state index >= 15 is 0 Å². The number of ether oxygens (including phenoxy) is 1. The predicted octanol–water partition coefficient (Wildman–Crippen LogP) is 4.18. The van der Waals surface area contributed by atoms with E-state index in [1.54, 1.807) is 0 Å². The molecule has 0 N–H and O–H groups in total. The Balaban J connectivity index is 2.01. The fourth-order valence-corrected chi connectivity index (χ4v) is 3.14. The molecular weight excluding hydrogens is 295 g/mol. The molecule has 0 unspecified atom stereocenters. The van der Waals surface area contributed by atoms with Crippen LogP contribution < -0.4 is 0 Å². The van der Waals surface area contributed by atoms with E-state index in [0.29, 0.717) is 6.42 Å². The third-order valence-corrected chi connectivity index (χ3v) is 4.26. The largest absolute Gasteiger partial charge is 0.368 e. The van der Waals surface area contributed by atoms with Crippen LogP contribution in [0.25, 0.3) is 0 Å². The Hall–Kier alpha value is -0.570. The molecule has 0 radical (unpaired) electrons. The van der Waals surface area contributed by atoms with Crippen molar-refractivity contribution in [1.82, 2.24) is 0 Å². The van der Waals surface area contributed by atoms with E-state index in [-0.39, 0.29) is 17.3 Å². The Morgan fingerprint density at radius 3 is 2.35 bits per heavy atom. The van der Waals surface area contributed by atoms with E-state index in [1.165, 1.54) is 5.56 Å². The van der Waals surface area contributed by atoms with Crippen molar-refractivity contribution < 1.29 is 9.53 Å². The second-order valence-corrected chi connectivity index (χ2v) is 7.65. The number of hydrogen-bond donors (Lipinski definition) is 0. The first-order chi connectivity index (χ1) is 9.22. The fourth-order valence-electron chi connectivity index (χ4n) is 2.47. The molecule has 1 aromatic carbocycles. The van der Waals surface area contributed by atoms with Crippen LogP contribution in [0.15, 0.2) is 30.3 Å². The molecule has 2 atom stereocenters. The predicted molar refractivity (Wildman–Crippen MR) is 82.3 cm³/mol. The number of carbonyl (C=O) groups excluding carboxylic acids is 1. The van der Waals surface area contributed by atoms with Gasteiger partial charge in [-0.05, 0) is 39.2 Å². The molecule has 1 aliphatic carbocycles. The van der Waals surface area contributed by atoms with E-state index < -0.39 is 10.4 Å². The summed E-state index contributed by atoms with van der Waals surface area (Å²) in [5.74, 6) is -0.338. The molecule has 0 amide bonds. The second-order valence-electron chi connectivity index (χ2n) is 6.27. The van der Waals surface area contributed by atoms with Gasteiger partial charge in [-0.25, -0.2) is 0 Å². The summed E-state index contributed by atoms with van der Waals surface area (Å²) in [6, 6.07) is 10.1. The van der Waals surface area contributed by atoms with Crippen LogP contribution in [0.4, 0.5) is 0 Å². The average Bonchev–Trinajstić information content (AvgIpc) is 2.37. The van der Waals surface area contributed by atoms with Gasteiger partial charge in [0.1, 0.15) is 6.10 Å². The summed E-state index contributed by atoms with van der Waals surface area (Å²) in [5.41, 5.74) is 0.835. The highest BCUT2D eigenvalue weighted by atomic mass is 35.5. The molecule has 0 aliphatic heterocycles. The van der Waals surface area contributed by atoms with Gasteiger partial charge in [-0.2, -0.15) is 0 Å². The van der Waals surface area contributed by atoms with Crippen molar-refractivity contribution in [2.75, 3.05) is 0 Å². The zero-order chi connectivity index (χ0) is 15.0. The minimum atomic E-state index is -1.39. The molecule has 110 valence electrons. The van der Waals surface area contributed by atoms with Crippen molar-refractivity contribution in [1.29, 1.82) is 0 Å². The zero-order valence-corrected chi connectivity index (χ0v) is 13.5. The fraction of sp³-hybridized carbons (Fsp3) is 0.562. The van der Waals surface area contributed by atoms with Gasteiger partial charge in [0, 0.05) is 0 Å². The number of ketones is 1. The minimum absolute atomic E-state index is 0.119. The first-order valence-corrected chi connectivity index (χ1v) is 7.61. The van der Waals surface area contributed by atoms with Gasteiger partial charge < -0.3 is 4.74 Å². The molecule has 1 saturated carbocycles. The summed E-state index contributed by atoms with van der Waals surface area (Å²) in [7, 11) is 0. The maximum absolute atomic E-state index is 12.1.